The number of unbranched alkanes of at least 4 members (excludes halogenated alkanes) is 9. The fourth-order valence-electron chi connectivity index (χ4n) is 3.53. The first-order valence-corrected chi connectivity index (χ1v) is 11.1. The molecular formula is C24H35NO4. The third-order valence-corrected chi connectivity index (χ3v) is 5.19. The smallest absolute Gasteiger partial charge is 0.412 e. The minimum absolute atomic E-state index is 0.256. The van der Waals surface area contributed by atoms with Crippen molar-refractivity contribution in [2.45, 2.75) is 83.7 Å². The van der Waals surface area contributed by atoms with Crippen LogP contribution >= 0.6 is 0 Å². The molecule has 160 valence electrons. The first-order chi connectivity index (χ1) is 14.2. The number of esters is 1. The second-order valence-electron chi connectivity index (χ2n) is 7.61. The highest BCUT2D eigenvalue weighted by molar-refractivity contribution is 5.92. The zero-order chi connectivity index (χ0) is 20.7. The van der Waals surface area contributed by atoms with Gasteiger partial charge in [0.05, 0.1) is 5.57 Å². The first-order valence-electron chi connectivity index (χ1n) is 11.1. The lowest BCUT2D eigenvalue weighted by molar-refractivity contribution is -0.136. The molecule has 1 heterocycles. The van der Waals surface area contributed by atoms with Crippen LogP contribution in [-0.2, 0) is 14.3 Å². The maximum atomic E-state index is 12.3. The third kappa shape index (κ3) is 9.16. The van der Waals surface area contributed by atoms with E-state index in [1.807, 2.05) is 18.2 Å². The second-order valence-corrected chi connectivity index (χ2v) is 7.61. The average molecular weight is 402 g/mol. The van der Waals surface area contributed by atoms with Crippen molar-refractivity contribution < 1.29 is 19.1 Å². The fourth-order valence-corrected chi connectivity index (χ4v) is 3.53. The Bertz CT molecular complexity index is 642. The maximum Gasteiger partial charge on any atom is 0.412 e. The summed E-state index contributed by atoms with van der Waals surface area (Å²) in [6, 6.07) is 9.15. The Morgan fingerprint density at radius 3 is 2.21 bits per heavy atom. The molecule has 1 unspecified atom stereocenters. The number of para-hydroxylation sites is 1. The van der Waals surface area contributed by atoms with E-state index in [2.05, 4.69) is 12.2 Å². The number of rotatable bonds is 14. The van der Waals surface area contributed by atoms with Gasteiger partial charge in [0.1, 0.15) is 12.7 Å². The zero-order valence-electron chi connectivity index (χ0n) is 17.7. The van der Waals surface area contributed by atoms with Crippen molar-refractivity contribution in [1.82, 2.24) is 0 Å². The van der Waals surface area contributed by atoms with Crippen LogP contribution in [0.3, 0.4) is 0 Å². The predicted molar refractivity (Wildman–Crippen MR) is 116 cm³/mol. The van der Waals surface area contributed by atoms with E-state index in [4.69, 9.17) is 9.47 Å². The lowest BCUT2D eigenvalue weighted by atomic mass is 10.0. The molecule has 0 fully saturated rings. The molecule has 0 aliphatic carbocycles. The van der Waals surface area contributed by atoms with E-state index in [-0.39, 0.29) is 12.6 Å². The number of anilines is 1. The lowest BCUT2D eigenvalue weighted by Crippen LogP contribution is -2.26. The van der Waals surface area contributed by atoms with Gasteiger partial charge in [0, 0.05) is 5.69 Å². The number of ether oxygens (including phenoxy) is 2. The molecule has 29 heavy (non-hydrogen) atoms. The standard InChI is InChI=1S/C24H35NO4/c1-2-3-4-5-6-7-8-9-10-14-17-22(21-18-19-28-23(21)26)29-24(27)25-20-15-12-11-13-16-20/h11-13,15-16,18,22H,2-10,14,17,19H2,1H3,(H,25,27). The van der Waals surface area contributed by atoms with Crippen LogP contribution in [0.2, 0.25) is 0 Å². The van der Waals surface area contributed by atoms with Gasteiger partial charge in [-0.25, -0.2) is 9.59 Å². The Labute approximate surface area is 174 Å². The normalized spacial score (nSPS) is 14.2. The number of carbonyl (C=O) groups is 2. The van der Waals surface area contributed by atoms with Crippen LogP contribution in [0, 0.1) is 0 Å². The number of carbonyl (C=O) groups excluding carboxylic acids is 2. The summed E-state index contributed by atoms with van der Waals surface area (Å²) in [7, 11) is 0. The molecule has 0 saturated heterocycles. The van der Waals surface area contributed by atoms with Crippen LogP contribution < -0.4 is 5.32 Å². The number of cyclic esters (lactones) is 1. The summed E-state index contributed by atoms with van der Waals surface area (Å²) in [6.45, 7) is 2.50. The van der Waals surface area contributed by atoms with E-state index in [9.17, 15) is 9.59 Å². The molecule has 5 heteroatoms. The van der Waals surface area contributed by atoms with Gasteiger partial charge in [-0.15, -0.1) is 0 Å². The number of hydrogen-bond acceptors (Lipinski definition) is 4. The molecule has 1 amide bonds. The van der Waals surface area contributed by atoms with Crippen LogP contribution in [0.4, 0.5) is 10.5 Å². The largest absolute Gasteiger partial charge is 0.458 e. The molecule has 0 saturated carbocycles. The molecule has 0 aromatic heterocycles. The van der Waals surface area contributed by atoms with Crippen LogP contribution in [0.15, 0.2) is 42.0 Å². The van der Waals surface area contributed by atoms with Crippen molar-refractivity contribution in [3.63, 3.8) is 0 Å². The number of amides is 1. The molecule has 5 nitrogen and oxygen atoms in total. The van der Waals surface area contributed by atoms with Gasteiger partial charge in [-0.05, 0) is 31.1 Å². The van der Waals surface area contributed by atoms with Gasteiger partial charge in [0.15, 0.2) is 0 Å². The number of nitrogens with one attached hydrogen (secondary N) is 1. The van der Waals surface area contributed by atoms with Gasteiger partial charge in [0.2, 0.25) is 0 Å². The number of hydrogen-bond donors (Lipinski definition) is 1. The molecule has 0 bridgehead atoms. The minimum atomic E-state index is -0.553. The lowest BCUT2D eigenvalue weighted by Gasteiger charge is -2.18. The predicted octanol–water partition coefficient (Wildman–Crippen LogP) is 6.40. The SMILES string of the molecule is CCCCCCCCCCCCC(OC(=O)Nc1ccccc1)C1=CCOC1=O. The highest BCUT2D eigenvalue weighted by Crippen LogP contribution is 2.22. The van der Waals surface area contributed by atoms with Crippen molar-refractivity contribution in [2.24, 2.45) is 0 Å². The molecule has 1 aromatic rings. The molecule has 1 aromatic carbocycles. The van der Waals surface area contributed by atoms with Crippen molar-refractivity contribution >= 4 is 17.7 Å². The highest BCUT2D eigenvalue weighted by atomic mass is 16.6. The molecular weight excluding hydrogens is 366 g/mol. The van der Waals surface area contributed by atoms with E-state index in [0.29, 0.717) is 17.7 Å². The topological polar surface area (TPSA) is 64.6 Å². The molecule has 0 radical (unpaired) electrons. The summed E-state index contributed by atoms with van der Waals surface area (Å²) in [4.78, 5) is 24.2. The summed E-state index contributed by atoms with van der Waals surface area (Å²) in [6.07, 6.45) is 13.6. The van der Waals surface area contributed by atoms with Crippen LogP contribution in [0.25, 0.3) is 0 Å². The average Bonchev–Trinajstić information content (AvgIpc) is 3.15. The van der Waals surface area contributed by atoms with Gasteiger partial charge in [-0.3, -0.25) is 5.32 Å². The Morgan fingerprint density at radius 1 is 1.00 bits per heavy atom. The van der Waals surface area contributed by atoms with Crippen LogP contribution in [0.1, 0.15) is 77.6 Å². The zero-order valence-corrected chi connectivity index (χ0v) is 17.7. The van der Waals surface area contributed by atoms with Gasteiger partial charge in [-0.2, -0.15) is 0 Å². The van der Waals surface area contributed by atoms with Crippen molar-refractivity contribution in [3.05, 3.63) is 42.0 Å². The van der Waals surface area contributed by atoms with Gasteiger partial charge in [0.25, 0.3) is 0 Å². The first kappa shape index (κ1) is 23.0. The summed E-state index contributed by atoms with van der Waals surface area (Å²) in [5, 5.41) is 2.71. The van der Waals surface area contributed by atoms with E-state index in [0.717, 1.165) is 12.8 Å². The summed E-state index contributed by atoms with van der Waals surface area (Å²) < 4.78 is 10.6. The minimum Gasteiger partial charge on any atom is -0.458 e. The quantitative estimate of drug-likeness (QED) is 0.289. The van der Waals surface area contributed by atoms with Gasteiger partial charge >= 0.3 is 12.1 Å². The molecule has 1 aliphatic rings. The Kier molecular flexibility index (Phi) is 10.9. The fraction of sp³-hybridized carbons (Fsp3) is 0.583. The molecule has 1 atom stereocenters. The summed E-state index contributed by atoms with van der Waals surface area (Å²) >= 11 is 0. The van der Waals surface area contributed by atoms with Gasteiger partial charge in [-0.1, -0.05) is 82.9 Å². The number of benzene rings is 1. The van der Waals surface area contributed by atoms with Crippen molar-refractivity contribution in [1.29, 1.82) is 0 Å². The highest BCUT2D eigenvalue weighted by Gasteiger charge is 2.28. The van der Waals surface area contributed by atoms with Crippen molar-refractivity contribution in [2.75, 3.05) is 11.9 Å². The summed E-state index contributed by atoms with van der Waals surface area (Å²) in [5.41, 5.74) is 1.13. The molecule has 2 rings (SSSR count). The van der Waals surface area contributed by atoms with Gasteiger partial charge < -0.3 is 9.47 Å². The van der Waals surface area contributed by atoms with E-state index < -0.39 is 12.2 Å². The Morgan fingerprint density at radius 2 is 1.62 bits per heavy atom. The summed E-state index contributed by atoms with van der Waals surface area (Å²) in [5.74, 6) is -0.380. The third-order valence-electron chi connectivity index (χ3n) is 5.19. The Balaban J connectivity index is 1.70. The van der Waals surface area contributed by atoms with Crippen molar-refractivity contribution in [3.8, 4) is 0 Å². The van der Waals surface area contributed by atoms with E-state index in [1.165, 1.54) is 51.4 Å². The molecule has 1 aliphatic heterocycles. The van der Waals surface area contributed by atoms with Crippen LogP contribution in [0.5, 0.6) is 0 Å². The Hall–Kier alpha value is -2.30. The van der Waals surface area contributed by atoms with Crippen LogP contribution in [-0.4, -0.2) is 24.8 Å². The maximum absolute atomic E-state index is 12.3. The molecule has 1 N–H and O–H groups in total. The van der Waals surface area contributed by atoms with E-state index in [1.54, 1.807) is 18.2 Å². The molecule has 0 spiro atoms. The second kappa shape index (κ2) is 13.8. The van der Waals surface area contributed by atoms with E-state index >= 15 is 0 Å². The monoisotopic (exact) mass is 401 g/mol.